The Hall–Kier alpha value is -0.830. The lowest BCUT2D eigenvalue weighted by Crippen LogP contribution is -2.67. The van der Waals surface area contributed by atoms with Gasteiger partial charge in [-0.05, 0) is 129 Å². The van der Waals surface area contributed by atoms with Crippen LogP contribution in [0, 0.1) is 56.7 Å². The fraction of sp³-hybridized carbons (Fsp3) is 0.932. The van der Waals surface area contributed by atoms with Crippen molar-refractivity contribution in [3.8, 4) is 0 Å². The first-order valence-corrected chi connectivity index (χ1v) is 20.8. The number of aliphatic hydroxyl groups excluding tert-OH is 1. The molecule has 0 radical (unpaired) electrons. The summed E-state index contributed by atoms with van der Waals surface area (Å²) < 4.78 is 6.39. The molecule has 5 rings (SSSR count). The van der Waals surface area contributed by atoms with E-state index in [2.05, 4.69) is 55.0 Å². The van der Waals surface area contributed by atoms with Gasteiger partial charge in [0, 0.05) is 18.4 Å². The molecule has 0 aromatic carbocycles. The minimum Gasteiger partial charge on any atom is -0.462 e. The number of hydrogen-bond donors (Lipinski definition) is 1. The Morgan fingerprint density at radius 2 is 1.36 bits per heavy atom. The molecule has 1 N–H and O–H groups in total. The highest BCUT2D eigenvalue weighted by Crippen LogP contribution is 2.77. The van der Waals surface area contributed by atoms with Crippen molar-refractivity contribution in [3.63, 3.8) is 0 Å². The monoisotopic (exact) mass is 653 g/mol. The van der Waals surface area contributed by atoms with Crippen LogP contribution in [0.2, 0.25) is 0 Å². The van der Waals surface area contributed by atoms with Crippen LogP contribution >= 0.6 is 0 Å². The number of esters is 1. The third-order valence-corrected chi connectivity index (χ3v) is 16.8. The maximum absolute atomic E-state index is 13.1. The van der Waals surface area contributed by atoms with Crippen LogP contribution in [0.3, 0.4) is 0 Å². The van der Waals surface area contributed by atoms with Crippen LogP contribution in [0.15, 0.2) is 12.2 Å². The third-order valence-electron chi connectivity index (χ3n) is 16.8. The van der Waals surface area contributed by atoms with Gasteiger partial charge >= 0.3 is 5.97 Å². The Morgan fingerprint density at radius 3 is 1.98 bits per heavy atom. The summed E-state index contributed by atoms with van der Waals surface area (Å²) in [4.78, 5) is 13.1. The van der Waals surface area contributed by atoms with E-state index < -0.39 is 0 Å². The summed E-state index contributed by atoms with van der Waals surface area (Å²) in [7, 11) is 0. The van der Waals surface area contributed by atoms with Gasteiger partial charge in [0.05, 0.1) is 0 Å². The van der Waals surface area contributed by atoms with Crippen LogP contribution in [0.1, 0.15) is 190 Å². The van der Waals surface area contributed by atoms with Gasteiger partial charge < -0.3 is 9.84 Å². The first-order chi connectivity index (χ1) is 22.3. The summed E-state index contributed by atoms with van der Waals surface area (Å²) in [6.45, 7) is 22.3. The zero-order valence-corrected chi connectivity index (χ0v) is 32.2. The second-order valence-electron chi connectivity index (χ2n) is 19.3. The molecule has 0 amide bonds. The van der Waals surface area contributed by atoms with Gasteiger partial charge in [-0.25, -0.2) is 0 Å². The summed E-state index contributed by atoms with van der Waals surface area (Å²) >= 11 is 0. The van der Waals surface area contributed by atoms with Crippen molar-refractivity contribution in [3.05, 3.63) is 12.2 Å². The average molecular weight is 653 g/mol. The molecule has 5 aliphatic carbocycles. The minimum absolute atomic E-state index is 0.00792. The Kier molecular flexibility index (Phi) is 11.8. The van der Waals surface area contributed by atoms with E-state index in [1.54, 1.807) is 0 Å². The van der Waals surface area contributed by atoms with Crippen LogP contribution in [-0.2, 0) is 9.53 Å². The van der Waals surface area contributed by atoms with Gasteiger partial charge in [-0.15, -0.1) is 0 Å². The third kappa shape index (κ3) is 6.69. The second kappa shape index (κ2) is 14.8. The lowest BCUT2D eigenvalue weighted by molar-refractivity contribution is -0.251. The van der Waals surface area contributed by atoms with Crippen LogP contribution in [0.25, 0.3) is 0 Å². The molecule has 270 valence electrons. The SMILES string of the molecule is C=C(C)C1CCC2(CO)CCC3(C)C(CCC4C5(C)CCC(OC(=O)CCCCCCCCCCCCC)C(C)(C)C5CCC43C)C12. The molecule has 5 aliphatic rings. The van der Waals surface area contributed by atoms with Gasteiger partial charge in [0.25, 0.3) is 0 Å². The summed E-state index contributed by atoms with van der Waals surface area (Å²) in [5.41, 5.74) is 2.41. The Labute approximate surface area is 291 Å². The van der Waals surface area contributed by atoms with Crippen LogP contribution in [-0.4, -0.2) is 23.8 Å². The van der Waals surface area contributed by atoms with Crippen molar-refractivity contribution in [1.82, 2.24) is 0 Å². The summed E-state index contributed by atoms with van der Waals surface area (Å²) in [6, 6.07) is 0. The summed E-state index contributed by atoms with van der Waals surface area (Å²) in [5.74, 6) is 3.22. The molecule has 0 aromatic rings. The molecule has 3 nitrogen and oxygen atoms in total. The smallest absolute Gasteiger partial charge is 0.306 e. The summed E-state index contributed by atoms with van der Waals surface area (Å²) in [5, 5.41) is 10.8. The van der Waals surface area contributed by atoms with Crippen LogP contribution in [0.5, 0.6) is 0 Å². The largest absolute Gasteiger partial charge is 0.462 e. The zero-order chi connectivity index (χ0) is 34.1. The molecule has 0 aliphatic heterocycles. The molecule has 3 heteroatoms. The fourth-order valence-corrected chi connectivity index (χ4v) is 13.9. The molecule has 0 spiro atoms. The average Bonchev–Trinajstić information content (AvgIpc) is 3.42. The molecule has 0 saturated heterocycles. The van der Waals surface area contributed by atoms with E-state index in [-0.39, 0.29) is 22.9 Å². The minimum atomic E-state index is 0.00792. The van der Waals surface area contributed by atoms with Gasteiger partial charge in [0.15, 0.2) is 0 Å². The number of hydrogen-bond acceptors (Lipinski definition) is 3. The van der Waals surface area contributed by atoms with E-state index >= 15 is 0 Å². The molecular weight excluding hydrogens is 576 g/mol. The molecule has 0 aromatic heterocycles. The van der Waals surface area contributed by atoms with Crippen molar-refractivity contribution in [2.24, 2.45) is 56.7 Å². The normalized spacial score (nSPS) is 42.1. The highest BCUT2D eigenvalue weighted by atomic mass is 16.5. The molecule has 5 fully saturated rings. The van der Waals surface area contributed by atoms with E-state index in [4.69, 9.17) is 4.74 Å². The predicted octanol–water partition coefficient (Wildman–Crippen LogP) is 12.2. The first-order valence-electron chi connectivity index (χ1n) is 20.8. The number of allylic oxidation sites excluding steroid dienone is 1. The molecule has 10 atom stereocenters. The van der Waals surface area contributed by atoms with Crippen molar-refractivity contribution < 1.29 is 14.6 Å². The maximum Gasteiger partial charge on any atom is 0.306 e. The van der Waals surface area contributed by atoms with Gasteiger partial charge in [-0.3, -0.25) is 4.79 Å². The van der Waals surface area contributed by atoms with Gasteiger partial charge in [-0.1, -0.05) is 118 Å². The second-order valence-corrected chi connectivity index (χ2v) is 19.3. The predicted molar refractivity (Wildman–Crippen MR) is 197 cm³/mol. The Morgan fingerprint density at radius 1 is 0.723 bits per heavy atom. The van der Waals surface area contributed by atoms with Crippen molar-refractivity contribution in [2.75, 3.05) is 6.61 Å². The Bertz CT molecular complexity index is 1080. The Balaban J connectivity index is 1.17. The van der Waals surface area contributed by atoms with Gasteiger partial charge in [0.2, 0.25) is 0 Å². The number of carbonyl (C=O) groups is 1. The van der Waals surface area contributed by atoms with Crippen LogP contribution < -0.4 is 0 Å². The number of carbonyl (C=O) groups excluding carboxylic acids is 1. The van der Waals surface area contributed by atoms with E-state index in [9.17, 15) is 9.90 Å². The number of aliphatic hydroxyl groups is 1. The lowest BCUT2D eigenvalue weighted by Gasteiger charge is -2.73. The molecule has 10 unspecified atom stereocenters. The molecule has 47 heavy (non-hydrogen) atoms. The maximum atomic E-state index is 13.1. The lowest BCUT2D eigenvalue weighted by atomic mass is 9.32. The summed E-state index contributed by atoms with van der Waals surface area (Å²) in [6.07, 6.45) is 27.3. The standard InChI is InChI=1S/C44H76O3/c1-9-10-11-12-13-14-15-16-17-18-19-20-38(46)47-37-25-26-41(6)35(40(37,4)5)24-27-43(8)36(41)22-21-34-39-33(32(2)3)23-28-44(39,31-45)30-29-42(34,43)7/h33-37,39,45H,2,9-31H2,1,3-8H3. The van der Waals surface area contributed by atoms with E-state index in [0.717, 1.165) is 19.3 Å². The van der Waals surface area contributed by atoms with Crippen molar-refractivity contribution in [1.29, 1.82) is 0 Å². The van der Waals surface area contributed by atoms with Gasteiger partial charge in [-0.2, -0.15) is 0 Å². The topological polar surface area (TPSA) is 46.5 Å². The molecule has 0 heterocycles. The fourth-order valence-electron chi connectivity index (χ4n) is 13.9. The number of rotatable bonds is 15. The highest BCUT2D eigenvalue weighted by Gasteiger charge is 2.71. The highest BCUT2D eigenvalue weighted by molar-refractivity contribution is 5.69. The van der Waals surface area contributed by atoms with Gasteiger partial charge in [0.1, 0.15) is 6.10 Å². The molecule has 0 bridgehead atoms. The van der Waals surface area contributed by atoms with Crippen molar-refractivity contribution in [2.45, 2.75) is 196 Å². The number of unbranched alkanes of at least 4 members (excludes halogenated alkanes) is 10. The van der Waals surface area contributed by atoms with Crippen molar-refractivity contribution >= 4 is 5.97 Å². The van der Waals surface area contributed by atoms with Crippen LogP contribution in [0.4, 0.5) is 0 Å². The quantitative estimate of drug-likeness (QED) is 0.109. The number of ether oxygens (including phenoxy) is 1. The molecule has 5 saturated carbocycles. The molecular formula is C44H76O3. The number of fused-ring (bicyclic) bond motifs is 7. The zero-order valence-electron chi connectivity index (χ0n) is 32.2. The van der Waals surface area contributed by atoms with E-state index in [1.165, 1.54) is 121 Å². The first kappa shape index (κ1) is 37.4. The van der Waals surface area contributed by atoms with E-state index in [0.29, 0.717) is 58.9 Å². The van der Waals surface area contributed by atoms with E-state index in [1.807, 2.05) is 0 Å².